The Morgan fingerprint density at radius 1 is 1.04 bits per heavy atom. The number of fused-ring (bicyclic) bond motifs is 1. The van der Waals surface area contributed by atoms with Gasteiger partial charge in [0, 0.05) is 6.04 Å². The van der Waals surface area contributed by atoms with Crippen LogP contribution in [0.5, 0.6) is 0 Å². The van der Waals surface area contributed by atoms with Crippen LogP contribution in [0.25, 0.3) is 0 Å². The molecule has 0 aromatic heterocycles. The fourth-order valence-corrected chi connectivity index (χ4v) is 8.88. The van der Waals surface area contributed by atoms with Crippen LogP contribution in [0.4, 0.5) is 0 Å². The minimum atomic E-state index is -1.67. The molecule has 0 N–H and O–H groups in total. The lowest BCUT2D eigenvalue weighted by atomic mass is 9.69. The van der Waals surface area contributed by atoms with Crippen molar-refractivity contribution in [3.8, 4) is 0 Å². The number of allylic oxidation sites excluding steroid dienone is 2. The summed E-state index contributed by atoms with van der Waals surface area (Å²) in [6.07, 6.45) is 8.81. The second-order valence-electron chi connectivity index (χ2n) is 12.1. The predicted molar refractivity (Wildman–Crippen MR) is 130 cm³/mol. The van der Waals surface area contributed by atoms with E-state index in [4.69, 9.17) is 9.16 Å². The molecule has 2 rings (SSSR count). The van der Waals surface area contributed by atoms with Crippen LogP contribution in [0.15, 0.2) is 23.4 Å². The van der Waals surface area contributed by atoms with Crippen LogP contribution in [0, 0.1) is 17.8 Å². The van der Waals surface area contributed by atoms with Gasteiger partial charge in [-0.1, -0.05) is 51.4 Å². The SMILES string of the molecule is CO/C(=C\[C@@H]1C[C@@H](C)C[C@H]2[C@@H]1CC([Si](C)(C)C)=CN2[Si](C)(C)C)O[Si](C)(C)C. The maximum absolute atomic E-state index is 6.26. The average molecular weight is 440 g/mol. The summed E-state index contributed by atoms with van der Waals surface area (Å²) in [5, 5.41) is 1.74. The lowest BCUT2D eigenvalue weighted by Gasteiger charge is -2.54. The van der Waals surface area contributed by atoms with Gasteiger partial charge in [-0.2, -0.15) is 0 Å². The van der Waals surface area contributed by atoms with Crippen molar-refractivity contribution < 1.29 is 9.16 Å². The first-order valence-electron chi connectivity index (χ1n) is 11.1. The van der Waals surface area contributed by atoms with Gasteiger partial charge in [-0.25, -0.2) is 0 Å². The number of rotatable bonds is 6. The molecule has 6 heteroatoms. The Morgan fingerprint density at radius 3 is 2.11 bits per heavy atom. The predicted octanol–water partition coefficient (Wildman–Crippen LogP) is 6.66. The van der Waals surface area contributed by atoms with Gasteiger partial charge in [-0.05, 0) is 68.9 Å². The summed E-state index contributed by atoms with van der Waals surface area (Å²) >= 11 is 0. The molecule has 0 spiro atoms. The molecule has 1 fully saturated rings. The first kappa shape index (κ1) is 23.8. The van der Waals surface area contributed by atoms with E-state index in [0.29, 0.717) is 17.9 Å². The topological polar surface area (TPSA) is 21.7 Å². The monoisotopic (exact) mass is 439 g/mol. The maximum atomic E-state index is 6.26. The summed E-state index contributed by atoms with van der Waals surface area (Å²) in [5.41, 5.74) is 0. The number of ether oxygens (including phenoxy) is 1. The van der Waals surface area contributed by atoms with Gasteiger partial charge in [-0.3, -0.25) is 0 Å². The smallest absolute Gasteiger partial charge is 0.261 e. The highest BCUT2D eigenvalue weighted by Gasteiger charge is 2.45. The Morgan fingerprint density at radius 2 is 1.64 bits per heavy atom. The van der Waals surface area contributed by atoms with Gasteiger partial charge in [0.25, 0.3) is 5.95 Å². The molecule has 0 saturated heterocycles. The van der Waals surface area contributed by atoms with Gasteiger partial charge >= 0.3 is 0 Å². The molecule has 28 heavy (non-hydrogen) atoms. The van der Waals surface area contributed by atoms with Crippen molar-refractivity contribution in [2.24, 2.45) is 17.8 Å². The summed E-state index contributed by atoms with van der Waals surface area (Å²) < 4.78 is 14.8. The molecule has 0 aromatic rings. The Kier molecular flexibility index (Phi) is 7.09. The van der Waals surface area contributed by atoms with Crippen LogP contribution in [-0.4, -0.2) is 42.3 Å². The maximum Gasteiger partial charge on any atom is 0.261 e. The standard InChI is InChI=1S/C22H45NO2Si3/c1-17-12-18(14-22(24-2)25-28(9,10)11)20-15-19(26(3,4)5)16-23(21(20)13-17)27(6,7)8/h14,16-18,20-21H,12-13,15H2,1-11H3/b22-14+/t17-,18+,20-,21+/m1/s1. The Bertz CT molecular complexity index is 611. The van der Waals surface area contributed by atoms with Crippen molar-refractivity contribution in [2.45, 2.75) is 91.2 Å². The second kappa shape index (κ2) is 8.34. The van der Waals surface area contributed by atoms with Crippen LogP contribution >= 0.6 is 0 Å². The van der Waals surface area contributed by atoms with Crippen LogP contribution in [0.2, 0.25) is 58.9 Å². The molecule has 1 aliphatic carbocycles. The lowest BCUT2D eigenvalue weighted by molar-refractivity contribution is 0.102. The van der Waals surface area contributed by atoms with E-state index in [-0.39, 0.29) is 0 Å². The zero-order chi connectivity index (χ0) is 21.5. The van der Waals surface area contributed by atoms with E-state index in [2.05, 4.69) is 82.7 Å². The fraction of sp³-hybridized carbons (Fsp3) is 0.818. The lowest BCUT2D eigenvalue weighted by Crippen LogP contribution is -2.57. The van der Waals surface area contributed by atoms with Gasteiger partial charge in [0.15, 0.2) is 0 Å². The molecule has 0 bridgehead atoms. The molecule has 1 aliphatic heterocycles. The highest BCUT2D eigenvalue weighted by molar-refractivity contribution is 6.83. The second-order valence-corrected chi connectivity index (χ2v) is 26.5. The van der Waals surface area contributed by atoms with Crippen LogP contribution in [0.3, 0.4) is 0 Å². The number of nitrogens with zero attached hydrogens (tertiary/aromatic N) is 1. The minimum absolute atomic E-state index is 0.541. The van der Waals surface area contributed by atoms with Crippen LogP contribution in [-0.2, 0) is 9.16 Å². The summed E-state index contributed by atoms with van der Waals surface area (Å²) in [5.74, 6) is 2.73. The normalized spacial score (nSPS) is 29.9. The molecule has 4 atom stereocenters. The Hall–Kier alpha value is -0.469. The van der Waals surface area contributed by atoms with Gasteiger partial charge in [0.05, 0.1) is 15.2 Å². The van der Waals surface area contributed by atoms with Crippen molar-refractivity contribution in [2.75, 3.05) is 7.11 Å². The van der Waals surface area contributed by atoms with E-state index in [1.807, 2.05) is 0 Å². The van der Waals surface area contributed by atoms with Crippen molar-refractivity contribution >= 4 is 24.6 Å². The molecule has 0 amide bonds. The first-order valence-corrected chi connectivity index (χ1v) is 21.4. The van der Waals surface area contributed by atoms with Crippen molar-refractivity contribution in [3.63, 3.8) is 0 Å². The third kappa shape index (κ3) is 6.02. The summed E-state index contributed by atoms with van der Waals surface area (Å²) in [7, 11) is -2.66. The van der Waals surface area contributed by atoms with Crippen molar-refractivity contribution in [1.29, 1.82) is 0 Å². The van der Waals surface area contributed by atoms with Gasteiger partial charge < -0.3 is 13.7 Å². The molecule has 0 radical (unpaired) electrons. The Labute approximate surface area is 177 Å². The molecule has 162 valence electrons. The van der Waals surface area contributed by atoms with E-state index in [9.17, 15) is 0 Å². The fourth-order valence-electron chi connectivity index (χ4n) is 4.79. The Balaban J connectivity index is 2.44. The first-order chi connectivity index (χ1) is 12.6. The van der Waals surface area contributed by atoms with E-state index >= 15 is 0 Å². The molecule has 1 heterocycles. The molecular weight excluding hydrogens is 395 g/mol. The highest BCUT2D eigenvalue weighted by atomic mass is 28.4. The zero-order valence-corrected chi connectivity index (χ0v) is 23.3. The van der Waals surface area contributed by atoms with Crippen molar-refractivity contribution in [1.82, 2.24) is 4.57 Å². The number of hydrogen-bond donors (Lipinski definition) is 0. The molecule has 3 nitrogen and oxygen atoms in total. The summed E-state index contributed by atoms with van der Waals surface area (Å²) in [6, 6.07) is 0.668. The highest BCUT2D eigenvalue weighted by Crippen LogP contribution is 2.46. The van der Waals surface area contributed by atoms with E-state index < -0.39 is 24.6 Å². The van der Waals surface area contributed by atoms with Gasteiger partial charge in [0.2, 0.25) is 8.32 Å². The molecule has 0 aromatic carbocycles. The van der Waals surface area contributed by atoms with E-state index in [0.717, 1.165) is 11.9 Å². The summed E-state index contributed by atoms with van der Waals surface area (Å²) in [6.45, 7) is 24.2. The van der Waals surface area contributed by atoms with Crippen LogP contribution < -0.4 is 0 Å². The largest absolute Gasteiger partial charge is 0.520 e. The van der Waals surface area contributed by atoms with E-state index in [1.54, 1.807) is 12.3 Å². The number of methoxy groups -OCH3 is 1. The minimum Gasteiger partial charge on any atom is -0.520 e. The van der Waals surface area contributed by atoms with Gasteiger partial charge in [-0.15, -0.1) is 0 Å². The molecule has 0 unspecified atom stereocenters. The molecule has 1 saturated carbocycles. The third-order valence-electron chi connectivity index (χ3n) is 6.17. The number of hydrogen-bond acceptors (Lipinski definition) is 3. The van der Waals surface area contributed by atoms with E-state index in [1.165, 1.54) is 19.3 Å². The quantitative estimate of drug-likeness (QED) is 0.341. The van der Waals surface area contributed by atoms with Crippen LogP contribution in [0.1, 0.15) is 26.2 Å². The zero-order valence-electron chi connectivity index (χ0n) is 20.3. The third-order valence-corrected chi connectivity index (χ3v) is 11.2. The summed E-state index contributed by atoms with van der Waals surface area (Å²) in [4.78, 5) is 0. The van der Waals surface area contributed by atoms with Crippen molar-refractivity contribution in [3.05, 3.63) is 23.4 Å². The molecule has 2 aliphatic rings. The average Bonchev–Trinajstić information content (AvgIpc) is 2.49. The molecular formula is C22H45NO2Si3. The van der Waals surface area contributed by atoms with Gasteiger partial charge in [0.1, 0.15) is 8.24 Å².